The number of benzene rings is 1. The van der Waals surface area contributed by atoms with E-state index in [4.69, 9.17) is 15.5 Å². The molecular weight excluding hydrogens is 528 g/mol. The molecule has 0 amide bonds. The van der Waals surface area contributed by atoms with E-state index in [0.29, 0.717) is 36.0 Å². The molecule has 37 heavy (non-hydrogen) atoms. The maximum Gasteiger partial charge on any atom is 0.408 e. The molecule has 1 unspecified atom stereocenters. The highest BCUT2D eigenvalue weighted by Crippen LogP contribution is 2.47. The Balaban J connectivity index is 0.00000160. The molecule has 12 heteroatoms. The number of methoxy groups -OCH3 is 1. The summed E-state index contributed by atoms with van der Waals surface area (Å²) in [6.45, 7) is 0.506. The highest BCUT2D eigenvalue weighted by atomic mass is 35.5. The molecule has 1 saturated heterocycles. The Morgan fingerprint density at radius 2 is 1.78 bits per heavy atom. The monoisotopic (exact) mass is 554 g/mol. The predicted octanol–water partition coefficient (Wildman–Crippen LogP) is 5.31. The average Bonchev–Trinajstić information content (AvgIpc) is 3.45. The molecular formula is C25H27Cl2F3N6O. The Morgan fingerprint density at radius 3 is 2.43 bits per heavy atom. The number of hydrogen-bond acceptors (Lipinski definition) is 6. The molecule has 2 N–H and O–H groups in total. The fraction of sp³-hybridized carbons (Fsp3) is 0.400. The number of rotatable bonds is 5. The molecule has 6 rings (SSSR count). The minimum Gasteiger partial charge on any atom is -0.496 e. The number of nitrogens with two attached hydrogens (primary N) is 1. The van der Waals surface area contributed by atoms with Gasteiger partial charge < -0.3 is 10.5 Å². The van der Waals surface area contributed by atoms with Crippen LogP contribution in [0.3, 0.4) is 0 Å². The SMILES string of the molecule is COc1ccc2ccc(-c3nnc4ccc([C@@H](N5CCC(N)C5)C(F)(F)F)cn34)nc2c1C1CC1.Cl.Cl. The van der Waals surface area contributed by atoms with E-state index in [9.17, 15) is 13.2 Å². The van der Waals surface area contributed by atoms with Gasteiger partial charge in [0.25, 0.3) is 0 Å². The highest BCUT2D eigenvalue weighted by Gasteiger charge is 2.46. The number of alkyl halides is 3. The topological polar surface area (TPSA) is 81.6 Å². The second-order valence-electron chi connectivity index (χ2n) is 9.43. The number of ether oxygens (including phenoxy) is 1. The molecule has 1 aromatic carbocycles. The van der Waals surface area contributed by atoms with Gasteiger partial charge in [0.1, 0.15) is 17.5 Å². The number of halogens is 5. The summed E-state index contributed by atoms with van der Waals surface area (Å²) in [7, 11) is 1.65. The lowest BCUT2D eigenvalue weighted by atomic mass is 10.0. The number of pyridine rings is 2. The molecule has 1 saturated carbocycles. The van der Waals surface area contributed by atoms with E-state index in [1.807, 2.05) is 24.3 Å². The van der Waals surface area contributed by atoms with E-state index in [1.54, 1.807) is 17.6 Å². The van der Waals surface area contributed by atoms with Crippen LogP contribution in [0.25, 0.3) is 28.1 Å². The quantitative estimate of drug-likeness (QED) is 0.360. The molecule has 7 nitrogen and oxygen atoms in total. The van der Waals surface area contributed by atoms with E-state index < -0.39 is 12.2 Å². The first kappa shape index (κ1) is 27.4. The van der Waals surface area contributed by atoms with Crippen molar-refractivity contribution in [3.05, 3.63) is 53.7 Å². The van der Waals surface area contributed by atoms with Crippen LogP contribution in [0.1, 0.15) is 42.3 Å². The van der Waals surface area contributed by atoms with Crippen LogP contribution in [0.5, 0.6) is 5.75 Å². The summed E-state index contributed by atoms with van der Waals surface area (Å²) in [6.07, 6.45) is -0.259. The third kappa shape index (κ3) is 4.95. The Hall–Kier alpha value is -2.66. The zero-order chi connectivity index (χ0) is 24.3. The fourth-order valence-corrected chi connectivity index (χ4v) is 5.16. The third-order valence-electron chi connectivity index (χ3n) is 6.97. The van der Waals surface area contributed by atoms with Crippen molar-refractivity contribution in [1.29, 1.82) is 0 Å². The minimum atomic E-state index is -4.44. The van der Waals surface area contributed by atoms with Crippen molar-refractivity contribution >= 4 is 41.4 Å². The molecule has 4 heterocycles. The van der Waals surface area contributed by atoms with Crippen molar-refractivity contribution in [3.8, 4) is 17.3 Å². The van der Waals surface area contributed by atoms with Gasteiger partial charge in [-0.2, -0.15) is 13.2 Å². The smallest absolute Gasteiger partial charge is 0.408 e. The number of aromatic nitrogens is 4. The average molecular weight is 555 g/mol. The van der Waals surface area contributed by atoms with Gasteiger partial charge in [-0.25, -0.2) is 4.98 Å². The van der Waals surface area contributed by atoms with Crippen molar-refractivity contribution in [2.75, 3.05) is 20.2 Å². The van der Waals surface area contributed by atoms with Crippen LogP contribution in [0.4, 0.5) is 13.2 Å². The van der Waals surface area contributed by atoms with Gasteiger partial charge in [-0.1, -0.05) is 12.1 Å². The Kier molecular flexibility index (Phi) is 7.58. The van der Waals surface area contributed by atoms with Gasteiger partial charge in [-0.15, -0.1) is 35.0 Å². The van der Waals surface area contributed by atoms with Crippen LogP contribution in [0.2, 0.25) is 0 Å². The van der Waals surface area contributed by atoms with Gasteiger partial charge in [-0.3, -0.25) is 9.30 Å². The summed E-state index contributed by atoms with van der Waals surface area (Å²) >= 11 is 0. The largest absolute Gasteiger partial charge is 0.496 e. The van der Waals surface area contributed by atoms with Gasteiger partial charge in [0.2, 0.25) is 0 Å². The molecule has 2 aliphatic rings. The number of hydrogen-bond donors (Lipinski definition) is 1. The van der Waals surface area contributed by atoms with Gasteiger partial charge in [0.05, 0.1) is 12.6 Å². The van der Waals surface area contributed by atoms with Crippen molar-refractivity contribution in [2.24, 2.45) is 5.73 Å². The van der Waals surface area contributed by atoms with Crippen LogP contribution in [-0.2, 0) is 0 Å². The van der Waals surface area contributed by atoms with Gasteiger partial charge in [0.15, 0.2) is 11.5 Å². The summed E-state index contributed by atoms with van der Waals surface area (Å²) in [6, 6.07) is 8.75. The molecule has 1 aliphatic heterocycles. The van der Waals surface area contributed by atoms with Gasteiger partial charge in [0, 0.05) is 36.3 Å². The highest BCUT2D eigenvalue weighted by molar-refractivity contribution is 5.87. The molecule has 2 fully saturated rings. The molecule has 1 aliphatic carbocycles. The van der Waals surface area contributed by atoms with E-state index in [2.05, 4.69) is 10.2 Å². The third-order valence-corrected chi connectivity index (χ3v) is 6.97. The number of fused-ring (bicyclic) bond motifs is 2. The van der Waals surface area contributed by atoms with Crippen LogP contribution in [0.15, 0.2) is 42.6 Å². The first-order valence-electron chi connectivity index (χ1n) is 11.7. The summed E-state index contributed by atoms with van der Waals surface area (Å²) in [5.41, 5.74) is 8.94. The molecule has 198 valence electrons. The standard InChI is InChI=1S/C25H25F3N6O.2ClH/c1-35-19-8-5-15-4-7-18(30-22(15)21(19)14-2-3-14)24-32-31-20-9-6-16(12-34(20)24)23(25(26,27)28)33-11-10-17(29)13-33;;/h4-9,12,14,17,23H,2-3,10-11,13,29H2,1H3;2*1H/t17?,23-;;/m1../s1. The van der Waals surface area contributed by atoms with E-state index in [0.717, 1.165) is 35.1 Å². The van der Waals surface area contributed by atoms with Crippen LogP contribution in [0, 0.1) is 0 Å². The van der Waals surface area contributed by atoms with Crippen molar-refractivity contribution in [1.82, 2.24) is 24.5 Å². The Bertz CT molecular complexity index is 1430. The lowest BCUT2D eigenvalue weighted by molar-refractivity contribution is -0.183. The van der Waals surface area contributed by atoms with Gasteiger partial charge in [-0.05, 0) is 55.0 Å². The molecule has 0 radical (unpaired) electrons. The zero-order valence-electron chi connectivity index (χ0n) is 20.0. The van der Waals surface area contributed by atoms with Crippen LogP contribution >= 0.6 is 24.8 Å². The maximum absolute atomic E-state index is 14.2. The molecule has 0 bridgehead atoms. The van der Waals surface area contributed by atoms with Crippen LogP contribution in [-0.4, -0.2) is 56.9 Å². The molecule has 3 aromatic heterocycles. The predicted molar refractivity (Wildman–Crippen MR) is 140 cm³/mol. The lowest BCUT2D eigenvalue weighted by Crippen LogP contribution is -2.38. The summed E-state index contributed by atoms with van der Waals surface area (Å²) in [5, 5.41) is 9.45. The van der Waals surface area contributed by atoms with E-state index in [-0.39, 0.29) is 43.0 Å². The Labute approximate surface area is 224 Å². The number of nitrogens with zero attached hydrogens (tertiary/aromatic N) is 5. The minimum absolute atomic E-state index is 0. The molecule has 2 atom stereocenters. The van der Waals surface area contributed by atoms with E-state index in [1.165, 1.54) is 17.2 Å². The van der Waals surface area contributed by atoms with Crippen LogP contribution < -0.4 is 10.5 Å². The van der Waals surface area contributed by atoms with Gasteiger partial charge >= 0.3 is 6.18 Å². The number of likely N-dealkylation sites (tertiary alicyclic amines) is 1. The van der Waals surface area contributed by atoms with Crippen molar-refractivity contribution in [3.63, 3.8) is 0 Å². The maximum atomic E-state index is 14.2. The summed E-state index contributed by atoms with van der Waals surface area (Å²) in [4.78, 5) is 6.30. The molecule has 0 spiro atoms. The second-order valence-corrected chi connectivity index (χ2v) is 9.43. The normalized spacial score (nSPS) is 19.0. The first-order valence-corrected chi connectivity index (χ1v) is 11.7. The second kappa shape index (κ2) is 10.2. The first-order chi connectivity index (χ1) is 16.8. The Morgan fingerprint density at radius 1 is 1.03 bits per heavy atom. The summed E-state index contributed by atoms with van der Waals surface area (Å²) < 4.78 is 49.7. The lowest BCUT2D eigenvalue weighted by Gasteiger charge is -2.30. The summed E-state index contributed by atoms with van der Waals surface area (Å²) in [5.74, 6) is 1.60. The zero-order valence-corrected chi connectivity index (χ0v) is 21.6. The fourth-order valence-electron chi connectivity index (χ4n) is 5.16. The van der Waals surface area contributed by atoms with E-state index >= 15 is 0 Å². The van der Waals surface area contributed by atoms with Crippen molar-refractivity contribution in [2.45, 2.75) is 43.4 Å². The molecule has 4 aromatic rings. The van der Waals surface area contributed by atoms with Crippen molar-refractivity contribution < 1.29 is 17.9 Å².